The molecule has 3 aliphatic rings. The summed E-state index contributed by atoms with van der Waals surface area (Å²) in [5.74, 6) is 1.10. The van der Waals surface area contributed by atoms with E-state index in [0.29, 0.717) is 17.6 Å². The lowest BCUT2D eigenvalue weighted by atomic mass is 9.62. The van der Waals surface area contributed by atoms with Crippen molar-refractivity contribution in [1.29, 1.82) is 0 Å². The van der Waals surface area contributed by atoms with Crippen LogP contribution in [0.3, 0.4) is 0 Å². The largest absolute Gasteiger partial charge is 0.504 e. The van der Waals surface area contributed by atoms with E-state index in [2.05, 4.69) is 33.8 Å². The van der Waals surface area contributed by atoms with Crippen molar-refractivity contribution in [3.63, 3.8) is 0 Å². The maximum atomic E-state index is 11.4. The Morgan fingerprint density at radius 2 is 1.71 bits per heavy atom. The van der Waals surface area contributed by atoms with Crippen LogP contribution in [0.5, 0.6) is 11.5 Å². The van der Waals surface area contributed by atoms with Crippen molar-refractivity contribution < 1.29 is 34.3 Å². The van der Waals surface area contributed by atoms with Crippen molar-refractivity contribution in [2.45, 2.75) is 116 Å². The average Bonchev–Trinajstić information content (AvgIpc) is 2.76. The first-order chi connectivity index (χ1) is 16.4. The Morgan fingerprint density at radius 1 is 1.03 bits per heavy atom. The fourth-order valence-electron chi connectivity index (χ4n) is 6.48. The molecule has 9 atom stereocenters. The van der Waals surface area contributed by atoms with Gasteiger partial charge < -0.3 is 29.5 Å². The molecule has 194 valence electrons. The normalized spacial score (nSPS) is 36.2. The summed E-state index contributed by atoms with van der Waals surface area (Å²) in [5.41, 5.74) is 5.50. The minimum Gasteiger partial charge on any atom is -0.504 e. The fraction of sp³-hybridized carbons (Fsp3) is 0.679. The van der Waals surface area contributed by atoms with Crippen LogP contribution in [0.15, 0.2) is 11.6 Å². The molecule has 4 rings (SSSR count). The Bertz CT molecular complexity index is 1010. The molecule has 0 spiro atoms. The number of phenols is 1. The number of hydrogen-bond acceptors (Lipinski definition) is 7. The van der Waals surface area contributed by atoms with E-state index in [1.54, 1.807) is 6.92 Å². The molecule has 1 aromatic carbocycles. The zero-order valence-electron chi connectivity index (χ0n) is 21.9. The van der Waals surface area contributed by atoms with Crippen molar-refractivity contribution in [3.05, 3.63) is 33.9 Å². The molecule has 0 aromatic heterocycles. The molecule has 0 amide bonds. The first kappa shape index (κ1) is 26.0. The van der Waals surface area contributed by atoms with Crippen LogP contribution in [0.2, 0.25) is 0 Å². The molecule has 35 heavy (non-hydrogen) atoms. The highest BCUT2D eigenvalue weighted by Gasteiger charge is 2.47. The third kappa shape index (κ3) is 4.58. The second-order valence-electron chi connectivity index (χ2n) is 11.1. The van der Waals surface area contributed by atoms with Crippen LogP contribution in [0, 0.1) is 12.8 Å². The van der Waals surface area contributed by atoms with Gasteiger partial charge >= 0.3 is 5.97 Å². The summed E-state index contributed by atoms with van der Waals surface area (Å²) in [7, 11) is 0. The number of ether oxygens (including phenoxy) is 3. The molecule has 0 bridgehead atoms. The van der Waals surface area contributed by atoms with Crippen LogP contribution in [0.25, 0.3) is 0 Å². The van der Waals surface area contributed by atoms with E-state index in [1.165, 1.54) is 23.6 Å². The number of aliphatic hydroxyl groups is 2. The smallest absolute Gasteiger partial charge is 0.303 e. The van der Waals surface area contributed by atoms with Crippen LogP contribution in [0.1, 0.15) is 101 Å². The first-order valence-corrected chi connectivity index (χ1v) is 12.8. The first-order valence-electron chi connectivity index (χ1n) is 12.8. The maximum absolute atomic E-state index is 11.4. The lowest BCUT2D eigenvalue weighted by Gasteiger charge is -2.45. The molecule has 7 heteroatoms. The van der Waals surface area contributed by atoms with Crippen molar-refractivity contribution in [2.24, 2.45) is 5.92 Å². The molecule has 1 aliphatic heterocycles. The summed E-state index contributed by atoms with van der Waals surface area (Å²) in [6.07, 6.45) is -0.333. The van der Waals surface area contributed by atoms with Gasteiger partial charge in [0, 0.05) is 18.4 Å². The molecule has 7 nitrogen and oxygen atoms in total. The highest BCUT2D eigenvalue weighted by molar-refractivity contribution is 5.66. The summed E-state index contributed by atoms with van der Waals surface area (Å²) in [4.78, 5) is 11.4. The van der Waals surface area contributed by atoms with Gasteiger partial charge in [-0.05, 0) is 81.4 Å². The number of carbonyl (C=O) groups excluding carboxylic acids is 1. The molecule has 0 saturated carbocycles. The van der Waals surface area contributed by atoms with Gasteiger partial charge in [-0.3, -0.25) is 4.79 Å². The van der Waals surface area contributed by atoms with Crippen LogP contribution < -0.4 is 4.74 Å². The van der Waals surface area contributed by atoms with Crippen LogP contribution in [0.4, 0.5) is 0 Å². The Morgan fingerprint density at radius 3 is 2.34 bits per heavy atom. The Balaban J connectivity index is 1.79. The SMILES string of the molecule is CC(=O)O[C@H]1[C@@H](O)[C@H](O)[C@H](Oc2c(O)c(C)c3c4c2[C@@H](C)CC[C@@H]4[C@@H](C)C[C@@H]3C=C(C)C)O[C@H]1C. The number of rotatable bonds is 4. The molecule has 0 radical (unpaired) electrons. The molecule has 1 heterocycles. The van der Waals surface area contributed by atoms with E-state index in [-0.39, 0.29) is 17.6 Å². The molecular weight excluding hydrogens is 448 g/mol. The number of aliphatic hydroxyl groups excluding tert-OH is 2. The highest BCUT2D eigenvalue weighted by atomic mass is 16.7. The zero-order chi connectivity index (χ0) is 25.8. The number of hydrogen-bond donors (Lipinski definition) is 3. The number of esters is 1. The van der Waals surface area contributed by atoms with Crippen molar-refractivity contribution in [1.82, 2.24) is 0 Å². The zero-order valence-corrected chi connectivity index (χ0v) is 21.9. The van der Waals surface area contributed by atoms with Gasteiger partial charge in [-0.15, -0.1) is 0 Å². The number of carbonyl (C=O) groups is 1. The van der Waals surface area contributed by atoms with E-state index >= 15 is 0 Å². The minimum atomic E-state index is -1.45. The molecule has 3 N–H and O–H groups in total. The van der Waals surface area contributed by atoms with Crippen molar-refractivity contribution in [3.8, 4) is 11.5 Å². The lowest BCUT2D eigenvalue weighted by molar-refractivity contribution is -0.272. The van der Waals surface area contributed by atoms with Gasteiger partial charge in [-0.1, -0.05) is 25.5 Å². The predicted octanol–water partition coefficient (Wildman–Crippen LogP) is 4.55. The molecule has 1 fully saturated rings. The summed E-state index contributed by atoms with van der Waals surface area (Å²) in [5, 5.41) is 32.9. The predicted molar refractivity (Wildman–Crippen MR) is 132 cm³/mol. The second-order valence-corrected chi connectivity index (χ2v) is 11.1. The van der Waals surface area contributed by atoms with Crippen LogP contribution in [-0.4, -0.2) is 52.0 Å². The van der Waals surface area contributed by atoms with E-state index in [9.17, 15) is 20.1 Å². The third-order valence-electron chi connectivity index (χ3n) is 8.10. The Labute approximate surface area is 208 Å². The fourth-order valence-corrected chi connectivity index (χ4v) is 6.48. The monoisotopic (exact) mass is 488 g/mol. The standard InChI is InChI=1S/C28H40O7/c1-12(2)10-18-11-14(4)19-9-8-13(3)20-22(19)21(18)15(5)23(30)27(20)35-28-25(32)24(31)26(16(6)33-28)34-17(7)29/h10,13-14,16,18-19,24-26,28,30-32H,8-9,11H2,1-7H3/t13-,14-,16-,18-,19+,24-,25-,26+,28-/m0/s1. The third-order valence-corrected chi connectivity index (χ3v) is 8.10. The minimum absolute atomic E-state index is 0.0630. The molecule has 1 saturated heterocycles. The molecular formula is C28H40O7. The Kier molecular flexibility index (Phi) is 7.24. The molecule has 0 unspecified atom stereocenters. The van der Waals surface area contributed by atoms with E-state index in [1.807, 2.05) is 6.92 Å². The van der Waals surface area contributed by atoms with Gasteiger partial charge in [-0.25, -0.2) is 0 Å². The van der Waals surface area contributed by atoms with Crippen molar-refractivity contribution >= 4 is 5.97 Å². The number of benzene rings is 1. The maximum Gasteiger partial charge on any atom is 0.303 e. The second kappa shape index (κ2) is 9.75. The van der Waals surface area contributed by atoms with Gasteiger partial charge in [0.15, 0.2) is 17.6 Å². The van der Waals surface area contributed by atoms with Gasteiger partial charge in [-0.2, -0.15) is 0 Å². The topological polar surface area (TPSA) is 105 Å². The van der Waals surface area contributed by atoms with Gasteiger partial charge in [0.1, 0.15) is 12.2 Å². The highest BCUT2D eigenvalue weighted by Crippen LogP contribution is 2.58. The average molecular weight is 489 g/mol. The summed E-state index contributed by atoms with van der Waals surface area (Å²) >= 11 is 0. The molecule has 2 aliphatic carbocycles. The van der Waals surface area contributed by atoms with E-state index < -0.39 is 36.7 Å². The van der Waals surface area contributed by atoms with E-state index in [4.69, 9.17) is 14.2 Å². The van der Waals surface area contributed by atoms with Crippen LogP contribution in [-0.2, 0) is 14.3 Å². The summed E-state index contributed by atoms with van der Waals surface area (Å²) < 4.78 is 17.3. The van der Waals surface area contributed by atoms with Gasteiger partial charge in [0.2, 0.25) is 6.29 Å². The van der Waals surface area contributed by atoms with E-state index in [0.717, 1.165) is 30.4 Å². The van der Waals surface area contributed by atoms with Crippen LogP contribution >= 0.6 is 0 Å². The molecule has 1 aromatic rings. The summed E-state index contributed by atoms with van der Waals surface area (Å²) in [6.45, 7) is 13.5. The number of phenolic OH excluding ortho intramolecular Hbond substituents is 1. The lowest BCUT2D eigenvalue weighted by Crippen LogP contribution is -2.59. The van der Waals surface area contributed by atoms with Gasteiger partial charge in [0.05, 0.1) is 6.10 Å². The number of aromatic hydroxyl groups is 1. The van der Waals surface area contributed by atoms with Crippen molar-refractivity contribution in [2.75, 3.05) is 0 Å². The van der Waals surface area contributed by atoms with Gasteiger partial charge in [0.25, 0.3) is 0 Å². The summed E-state index contributed by atoms with van der Waals surface area (Å²) in [6, 6.07) is 0. The quantitative estimate of drug-likeness (QED) is 0.422. The Hall–Kier alpha value is -2.09. The number of allylic oxidation sites excluding steroid dienone is 2.